The van der Waals surface area contributed by atoms with Crippen molar-refractivity contribution >= 4 is 5.57 Å². The molecule has 0 bridgehead atoms. The molecular weight excluding hydrogens is 387 g/mol. The van der Waals surface area contributed by atoms with Gasteiger partial charge < -0.3 is 0 Å². The molecule has 0 fully saturated rings. The average Bonchev–Trinajstić information content (AvgIpc) is 2.57. The van der Waals surface area contributed by atoms with Gasteiger partial charge in [-0.15, -0.1) is 0 Å². The summed E-state index contributed by atoms with van der Waals surface area (Å²) in [5.41, 5.74) is 6.06. The van der Waals surface area contributed by atoms with Gasteiger partial charge in [0.05, 0.1) is 0 Å². The Labute approximate surface area is 109 Å². The first kappa shape index (κ1) is 12.8. The summed E-state index contributed by atoms with van der Waals surface area (Å²) < 4.78 is 1.76. The van der Waals surface area contributed by atoms with E-state index in [1.807, 2.05) is 0 Å². The Balaban J connectivity index is 2.59. The van der Waals surface area contributed by atoms with E-state index in [-0.39, 0.29) is 0 Å². The summed E-state index contributed by atoms with van der Waals surface area (Å²) in [6, 6.07) is 10.9. The van der Waals surface area contributed by atoms with Crippen LogP contribution < -0.4 is 0 Å². The SMILES string of the molecule is CC1=C(C)C(c2ccccc2)=[C]([Pt]([CH3])([CH3])[CH3])C1. The summed E-state index contributed by atoms with van der Waals surface area (Å²) in [6.07, 6.45) is 1.22. The molecule has 0 heterocycles. The first-order valence-corrected chi connectivity index (χ1v) is 13.7. The zero-order chi connectivity index (χ0) is 12.6. The fourth-order valence-corrected chi connectivity index (χ4v) is 6.48. The Morgan fingerprint density at radius 2 is 1.53 bits per heavy atom. The van der Waals surface area contributed by atoms with E-state index in [9.17, 15) is 0 Å². The molecule has 0 aromatic heterocycles. The standard InChI is InChI=1S/C13H13.3CH3.Pt/c1-10-8-9-13(11(10)2)12-6-4-3-5-7-12;;;;/h3-7H,8H2,1-2H3;3*1H3;. The van der Waals surface area contributed by atoms with Crippen molar-refractivity contribution < 1.29 is 16.1 Å². The van der Waals surface area contributed by atoms with Crippen LogP contribution in [0.2, 0.25) is 15.9 Å². The predicted molar refractivity (Wildman–Crippen MR) is 73.9 cm³/mol. The number of rotatable bonds is 2. The zero-order valence-electron chi connectivity index (χ0n) is 11.4. The van der Waals surface area contributed by atoms with E-state index in [0.717, 1.165) is 0 Å². The van der Waals surface area contributed by atoms with Crippen LogP contribution in [-0.2, 0) is 16.1 Å². The van der Waals surface area contributed by atoms with Gasteiger partial charge in [-0.2, -0.15) is 0 Å². The molecule has 0 N–H and O–H groups in total. The van der Waals surface area contributed by atoms with E-state index in [4.69, 9.17) is 0 Å². The van der Waals surface area contributed by atoms with E-state index in [1.54, 1.807) is 15.1 Å². The van der Waals surface area contributed by atoms with Crippen molar-refractivity contribution in [3.8, 4) is 0 Å². The molecule has 17 heavy (non-hydrogen) atoms. The second-order valence-corrected chi connectivity index (χ2v) is 16.7. The number of hydrogen-bond donors (Lipinski definition) is 0. The van der Waals surface area contributed by atoms with Gasteiger partial charge in [0.1, 0.15) is 0 Å². The van der Waals surface area contributed by atoms with Crippen LogP contribution in [0, 0.1) is 0 Å². The van der Waals surface area contributed by atoms with Gasteiger partial charge >= 0.3 is 109 Å². The van der Waals surface area contributed by atoms with E-state index in [0.29, 0.717) is 0 Å². The first-order chi connectivity index (χ1) is 7.91. The van der Waals surface area contributed by atoms with Crippen molar-refractivity contribution in [1.29, 1.82) is 0 Å². The van der Waals surface area contributed by atoms with Crippen molar-refractivity contribution in [2.75, 3.05) is 0 Å². The third kappa shape index (κ3) is 2.47. The molecule has 1 aliphatic rings. The molecule has 1 aromatic rings. The quantitative estimate of drug-likeness (QED) is 0.611. The second-order valence-electron chi connectivity index (χ2n) is 5.11. The Morgan fingerprint density at radius 1 is 0.941 bits per heavy atom. The van der Waals surface area contributed by atoms with Gasteiger partial charge in [0, 0.05) is 0 Å². The topological polar surface area (TPSA) is 0 Å². The fourth-order valence-electron chi connectivity index (χ4n) is 2.22. The molecule has 0 aliphatic heterocycles. The molecule has 0 saturated carbocycles. The average molecular weight is 409 g/mol. The van der Waals surface area contributed by atoms with E-state index >= 15 is 0 Å². The Bertz CT molecular complexity index is 484. The van der Waals surface area contributed by atoms with Crippen molar-refractivity contribution in [2.45, 2.75) is 36.2 Å². The second kappa shape index (κ2) is 4.57. The third-order valence-electron chi connectivity index (χ3n) is 3.32. The van der Waals surface area contributed by atoms with Crippen LogP contribution in [0.4, 0.5) is 0 Å². The number of hydrogen-bond acceptors (Lipinski definition) is 0. The van der Waals surface area contributed by atoms with Crippen molar-refractivity contribution in [3.63, 3.8) is 0 Å². The third-order valence-corrected chi connectivity index (χ3v) is 8.40. The number of allylic oxidation sites excluding steroid dienone is 4. The van der Waals surface area contributed by atoms with Crippen LogP contribution in [0.1, 0.15) is 25.8 Å². The molecule has 0 unspecified atom stereocenters. The van der Waals surface area contributed by atoms with Crippen molar-refractivity contribution in [2.24, 2.45) is 0 Å². The molecule has 0 atom stereocenters. The van der Waals surface area contributed by atoms with Crippen LogP contribution in [0.5, 0.6) is 0 Å². The minimum atomic E-state index is -1.66. The van der Waals surface area contributed by atoms with Gasteiger partial charge in [-0.3, -0.25) is 0 Å². The van der Waals surface area contributed by atoms with Gasteiger partial charge in [0.25, 0.3) is 0 Å². The summed E-state index contributed by atoms with van der Waals surface area (Å²) in [5, 5.41) is 7.49. The Hall–Kier alpha value is -0.612. The summed E-state index contributed by atoms with van der Waals surface area (Å²) in [4.78, 5) is 0. The summed E-state index contributed by atoms with van der Waals surface area (Å²) in [6.45, 7) is 4.58. The van der Waals surface area contributed by atoms with Crippen LogP contribution in [0.3, 0.4) is 0 Å². The molecule has 2 rings (SSSR count). The van der Waals surface area contributed by atoms with Crippen LogP contribution >= 0.6 is 0 Å². The minimum absolute atomic E-state index is 1.22. The first-order valence-electron chi connectivity index (χ1n) is 5.72. The molecule has 0 radical (unpaired) electrons. The van der Waals surface area contributed by atoms with Crippen molar-refractivity contribution in [1.82, 2.24) is 0 Å². The Morgan fingerprint density at radius 3 is 2.06 bits per heavy atom. The molecule has 96 valence electrons. The summed E-state index contributed by atoms with van der Waals surface area (Å²) in [7, 11) is 0. The van der Waals surface area contributed by atoms with Gasteiger partial charge in [-0.25, -0.2) is 0 Å². The Kier molecular flexibility index (Phi) is 3.45. The normalized spacial score (nSPS) is 17.9. The van der Waals surface area contributed by atoms with Gasteiger partial charge in [-0.1, -0.05) is 0 Å². The van der Waals surface area contributed by atoms with Crippen LogP contribution in [-0.4, -0.2) is 0 Å². The predicted octanol–water partition coefficient (Wildman–Crippen LogP) is 5.44. The summed E-state index contributed by atoms with van der Waals surface area (Å²) >= 11 is -1.66. The molecule has 1 aliphatic carbocycles. The van der Waals surface area contributed by atoms with Crippen molar-refractivity contribution in [3.05, 3.63) is 51.0 Å². The van der Waals surface area contributed by atoms with E-state index in [1.165, 1.54) is 17.6 Å². The van der Waals surface area contributed by atoms with E-state index < -0.39 is 16.1 Å². The maximum absolute atomic E-state index is 2.50. The molecule has 0 nitrogen and oxygen atoms in total. The zero-order valence-corrected chi connectivity index (χ0v) is 13.7. The van der Waals surface area contributed by atoms with Gasteiger partial charge in [0.15, 0.2) is 0 Å². The fraction of sp³-hybridized carbons (Fsp3) is 0.375. The maximum atomic E-state index is 2.50. The van der Waals surface area contributed by atoms with Gasteiger partial charge in [-0.05, 0) is 0 Å². The summed E-state index contributed by atoms with van der Waals surface area (Å²) in [5.74, 6) is 0. The molecular formula is C16H22Pt. The molecule has 1 aromatic carbocycles. The van der Waals surface area contributed by atoms with E-state index in [2.05, 4.69) is 60.1 Å². The molecule has 0 saturated heterocycles. The van der Waals surface area contributed by atoms with Crippen LogP contribution in [0.25, 0.3) is 5.57 Å². The molecule has 0 amide bonds. The van der Waals surface area contributed by atoms with Gasteiger partial charge in [0.2, 0.25) is 0 Å². The molecule has 0 spiro atoms. The van der Waals surface area contributed by atoms with Crippen LogP contribution in [0.15, 0.2) is 45.4 Å². The molecule has 1 heteroatoms. The monoisotopic (exact) mass is 409 g/mol. The number of benzene rings is 1.